The second-order valence-corrected chi connectivity index (χ2v) is 4.75. The minimum absolute atomic E-state index is 0.0751. The molecule has 0 unspecified atom stereocenters. The van der Waals surface area contributed by atoms with Gasteiger partial charge in [0, 0.05) is 18.7 Å². The van der Waals surface area contributed by atoms with Crippen LogP contribution in [0.25, 0.3) is 0 Å². The lowest BCUT2D eigenvalue weighted by molar-refractivity contribution is 0.282. The molecule has 3 rings (SSSR count). The number of ether oxygens (including phenoxy) is 1. The smallest absolute Gasteiger partial charge is 0.122 e. The van der Waals surface area contributed by atoms with Crippen molar-refractivity contribution in [2.45, 2.75) is 19.6 Å². The Morgan fingerprint density at radius 2 is 2.05 bits per heavy atom. The maximum absolute atomic E-state index is 9.11. The molecule has 0 radical (unpaired) electrons. The molecule has 0 fully saturated rings. The predicted molar refractivity (Wildman–Crippen MR) is 75.3 cm³/mol. The molecule has 98 valence electrons. The topological polar surface area (TPSA) is 41.5 Å². The largest absolute Gasteiger partial charge is 0.493 e. The first-order valence-corrected chi connectivity index (χ1v) is 6.53. The van der Waals surface area contributed by atoms with Crippen molar-refractivity contribution in [3.05, 3.63) is 59.2 Å². The second-order valence-electron chi connectivity index (χ2n) is 4.75. The summed E-state index contributed by atoms with van der Waals surface area (Å²) >= 11 is 0. The first kappa shape index (κ1) is 12.1. The molecule has 2 aromatic carbocycles. The molecule has 1 aliphatic rings. The molecule has 0 saturated heterocycles. The summed E-state index contributed by atoms with van der Waals surface area (Å²) in [6.07, 6.45) is 1.00. The highest BCUT2D eigenvalue weighted by atomic mass is 16.5. The van der Waals surface area contributed by atoms with Crippen LogP contribution in [0.2, 0.25) is 0 Å². The Bertz CT molecular complexity index is 581. The second kappa shape index (κ2) is 5.33. The Kier molecular flexibility index (Phi) is 3.38. The Morgan fingerprint density at radius 3 is 2.95 bits per heavy atom. The Morgan fingerprint density at radius 1 is 1.11 bits per heavy atom. The van der Waals surface area contributed by atoms with E-state index < -0.39 is 0 Å². The molecule has 0 bridgehead atoms. The molecule has 0 amide bonds. The number of aliphatic hydroxyl groups excluding tert-OH is 1. The summed E-state index contributed by atoms with van der Waals surface area (Å²) in [4.78, 5) is 0. The van der Waals surface area contributed by atoms with Crippen LogP contribution in [-0.4, -0.2) is 11.7 Å². The summed E-state index contributed by atoms with van der Waals surface area (Å²) in [5, 5.41) is 12.5. The van der Waals surface area contributed by atoms with Crippen LogP contribution in [0.4, 0.5) is 5.69 Å². The van der Waals surface area contributed by atoms with Crippen molar-refractivity contribution < 1.29 is 9.84 Å². The molecule has 19 heavy (non-hydrogen) atoms. The van der Waals surface area contributed by atoms with Gasteiger partial charge in [0.25, 0.3) is 0 Å². The molecule has 0 atom stereocenters. The van der Waals surface area contributed by atoms with Crippen LogP contribution in [-0.2, 0) is 19.6 Å². The number of aliphatic hydroxyl groups is 1. The van der Waals surface area contributed by atoms with Gasteiger partial charge in [0.1, 0.15) is 5.75 Å². The van der Waals surface area contributed by atoms with Gasteiger partial charge in [-0.25, -0.2) is 0 Å². The summed E-state index contributed by atoms with van der Waals surface area (Å²) in [5.41, 5.74) is 4.50. The van der Waals surface area contributed by atoms with Gasteiger partial charge in [-0.3, -0.25) is 0 Å². The third-order valence-electron chi connectivity index (χ3n) is 3.36. The molecule has 0 aliphatic carbocycles. The van der Waals surface area contributed by atoms with Crippen LogP contribution in [0.15, 0.2) is 42.5 Å². The van der Waals surface area contributed by atoms with Crippen molar-refractivity contribution in [3.63, 3.8) is 0 Å². The van der Waals surface area contributed by atoms with E-state index in [1.807, 2.05) is 30.3 Å². The summed E-state index contributed by atoms with van der Waals surface area (Å²) < 4.78 is 5.50. The summed E-state index contributed by atoms with van der Waals surface area (Å²) in [7, 11) is 0. The standard InChI is InChI=1S/C16H17NO2/c18-11-13-2-1-3-15(9-13)17-10-12-4-5-16-14(8-12)6-7-19-16/h1-5,8-9,17-18H,6-7,10-11H2. The zero-order valence-electron chi connectivity index (χ0n) is 10.7. The molecule has 0 aromatic heterocycles. The van der Waals surface area contributed by atoms with Gasteiger partial charge < -0.3 is 15.2 Å². The van der Waals surface area contributed by atoms with Crippen LogP contribution in [0.3, 0.4) is 0 Å². The van der Waals surface area contributed by atoms with E-state index in [0.29, 0.717) is 0 Å². The SMILES string of the molecule is OCc1cccc(NCc2ccc3c(c2)CCO3)c1. The lowest BCUT2D eigenvalue weighted by Crippen LogP contribution is -2.00. The minimum atomic E-state index is 0.0751. The molecule has 1 aliphatic heterocycles. The van der Waals surface area contributed by atoms with Crippen molar-refractivity contribution >= 4 is 5.69 Å². The van der Waals surface area contributed by atoms with Crippen LogP contribution in [0, 0.1) is 0 Å². The van der Waals surface area contributed by atoms with E-state index in [-0.39, 0.29) is 6.61 Å². The molecule has 0 saturated carbocycles. The number of benzene rings is 2. The van der Waals surface area contributed by atoms with Crippen molar-refractivity contribution in [3.8, 4) is 5.75 Å². The highest BCUT2D eigenvalue weighted by molar-refractivity contribution is 5.47. The van der Waals surface area contributed by atoms with E-state index in [9.17, 15) is 0 Å². The number of anilines is 1. The van der Waals surface area contributed by atoms with Crippen molar-refractivity contribution in [1.29, 1.82) is 0 Å². The minimum Gasteiger partial charge on any atom is -0.493 e. The van der Waals surface area contributed by atoms with Crippen LogP contribution < -0.4 is 10.1 Å². The normalized spacial score (nSPS) is 12.9. The van der Waals surface area contributed by atoms with Crippen molar-refractivity contribution in [2.75, 3.05) is 11.9 Å². The summed E-state index contributed by atoms with van der Waals surface area (Å²) in [6.45, 7) is 1.65. The summed E-state index contributed by atoms with van der Waals surface area (Å²) in [5.74, 6) is 1.02. The van der Waals surface area contributed by atoms with Crippen LogP contribution in [0.1, 0.15) is 16.7 Å². The van der Waals surface area contributed by atoms with Crippen LogP contribution in [0.5, 0.6) is 5.75 Å². The highest BCUT2D eigenvalue weighted by Crippen LogP contribution is 2.26. The predicted octanol–water partition coefficient (Wildman–Crippen LogP) is 2.73. The van der Waals surface area contributed by atoms with Gasteiger partial charge >= 0.3 is 0 Å². The molecule has 3 heteroatoms. The van der Waals surface area contributed by atoms with E-state index in [1.54, 1.807) is 0 Å². The lowest BCUT2D eigenvalue weighted by Gasteiger charge is -2.09. The van der Waals surface area contributed by atoms with Gasteiger partial charge in [0.2, 0.25) is 0 Å². The Balaban J connectivity index is 1.68. The monoisotopic (exact) mass is 255 g/mol. The number of fused-ring (bicyclic) bond motifs is 1. The number of hydrogen-bond acceptors (Lipinski definition) is 3. The van der Waals surface area contributed by atoms with Gasteiger partial charge in [-0.1, -0.05) is 24.3 Å². The zero-order valence-corrected chi connectivity index (χ0v) is 10.7. The molecule has 0 spiro atoms. The van der Waals surface area contributed by atoms with E-state index in [4.69, 9.17) is 9.84 Å². The van der Waals surface area contributed by atoms with Crippen molar-refractivity contribution in [2.24, 2.45) is 0 Å². The van der Waals surface area contributed by atoms with E-state index in [2.05, 4.69) is 17.4 Å². The summed E-state index contributed by atoms with van der Waals surface area (Å²) in [6, 6.07) is 14.2. The van der Waals surface area contributed by atoms with Gasteiger partial charge in [-0.05, 0) is 34.9 Å². The third-order valence-corrected chi connectivity index (χ3v) is 3.36. The van der Waals surface area contributed by atoms with Crippen molar-refractivity contribution in [1.82, 2.24) is 0 Å². The van der Waals surface area contributed by atoms with E-state index >= 15 is 0 Å². The van der Waals surface area contributed by atoms with Crippen LogP contribution >= 0.6 is 0 Å². The number of nitrogens with one attached hydrogen (secondary N) is 1. The maximum Gasteiger partial charge on any atom is 0.122 e. The van der Waals surface area contributed by atoms with E-state index in [0.717, 1.165) is 36.6 Å². The highest BCUT2D eigenvalue weighted by Gasteiger charge is 2.11. The molecule has 3 nitrogen and oxygen atoms in total. The fourth-order valence-corrected chi connectivity index (χ4v) is 2.33. The fourth-order valence-electron chi connectivity index (χ4n) is 2.33. The third kappa shape index (κ3) is 2.71. The molecule has 2 aromatic rings. The van der Waals surface area contributed by atoms with E-state index in [1.165, 1.54) is 11.1 Å². The molecule has 2 N–H and O–H groups in total. The zero-order chi connectivity index (χ0) is 13.1. The maximum atomic E-state index is 9.11. The fraction of sp³-hybridized carbons (Fsp3) is 0.250. The number of hydrogen-bond donors (Lipinski definition) is 2. The lowest BCUT2D eigenvalue weighted by atomic mass is 10.1. The average Bonchev–Trinajstić information content (AvgIpc) is 2.93. The first-order chi connectivity index (χ1) is 9.35. The van der Waals surface area contributed by atoms with Gasteiger partial charge in [-0.15, -0.1) is 0 Å². The molecular formula is C16H17NO2. The average molecular weight is 255 g/mol. The Hall–Kier alpha value is -2.00. The van der Waals surface area contributed by atoms with Gasteiger partial charge in [0.15, 0.2) is 0 Å². The first-order valence-electron chi connectivity index (χ1n) is 6.53. The van der Waals surface area contributed by atoms with Gasteiger partial charge in [0.05, 0.1) is 13.2 Å². The quantitative estimate of drug-likeness (QED) is 0.882. The molecular weight excluding hydrogens is 238 g/mol. The molecule has 1 heterocycles. The Labute approximate surface area is 112 Å². The number of rotatable bonds is 4. The van der Waals surface area contributed by atoms with Gasteiger partial charge in [-0.2, -0.15) is 0 Å².